The van der Waals surface area contributed by atoms with E-state index in [1.807, 2.05) is 53.4 Å². The highest BCUT2D eigenvalue weighted by Crippen LogP contribution is 2.32. The molecule has 1 aliphatic carbocycles. The van der Waals surface area contributed by atoms with E-state index < -0.39 is 0 Å². The van der Waals surface area contributed by atoms with Gasteiger partial charge >= 0.3 is 5.97 Å². The summed E-state index contributed by atoms with van der Waals surface area (Å²) in [6, 6.07) is 0. The zero-order valence-electron chi connectivity index (χ0n) is 9.91. The van der Waals surface area contributed by atoms with E-state index in [1.54, 1.807) is 0 Å². The van der Waals surface area contributed by atoms with E-state index in [2.05, 4.69) is 0 Å². The highest BCUT2D eigenvalue weighted by Gasteiger charge is 2.26. The van der Waals surface area contributed by atoms with Gasteiger partial charge in [0.05, 0.1) is 0 Å². The largest absolute Gasteiger partial charge is 0.460 e. The van der Waals surface area contributed by atoms with Crippen LogP contribution >= 0.6 is 0 Å². The predicted molar refractivity (Wildman–Crippen MR) is 60.1 cm³/mol. The van der Waals surface area contributed by atoms with Crippen LogP contribution in [0, 0.1) is 37.5 Å². The molecule has 0 aromatic heterocycles. The Bertz CT molecular complexity index is 209. The van der Waals surface area contributed by atoms with Gasteiger partial charge in [0.1, 0.15) is 5.60 Å². The topological polar surface area (TPSA) is 26.3 Å². The molecule has 2 heteroatoms. The molecule has 0 N–H and O–H groups in total. The van der Waals surface area contributed by atoms with Gasteiger partial charge in [-0.1, -0.05) is 6.92 Å². The van der Waals surface area contributed by atoms with Crippen molar-refractivity contribution < 1.29 is 9.53 Å². The van der Waals surface area contributed by atoms with Gasteiger partial charge in [-0.2, -0.15) is 0 Å². The Kier molecular flexibility index (Phi) is 4.18. The molecule has 83 valence electrons. The fourth-order valence-corrected chi connectivity index (χ4v) is 1.47. The van der Waals surface area contributed by atoms with Crippen molar-refractivity contribution in [3.05, 3.63) is 31.6 Å². The number of ether oxygens (including phenoxy) is 1. The van der Waals surface area contributed by atoms with Gasteiger partial charge in [-0.15, -0.1) is 0 Å². The summed E-state index contributed by atoms with van der Waals surface area (Å²) >= 11 is 0. The highest BCUT2D eigenvalue weighted by atomic mass is 16.6. The van der Waals surface area contributed by atoms with Crippen LogP contribution in [0.15, 0.2) is 0 Å². The maximum Gasteiger partial charge on any atom is 0.306 e. The average Bonchev–Trinajstić information content (AvgIpc) is 2.50. The first-order valence-electron chi connectivity index (χ1n) is 5.32. The number of hydrogen-bond donors (Lipinski definition) is 0. The van der Waals surface area contributed by atoms with Crippen molar-refractivity contribution in [1.29, 1.82) is 0 Å². The van der Waals surface area contributed by atoms with Crippen molar-refractivity contribution in [3.8, 4) is 0 Å². The summed E-state index contributed by atoms with van der Waals surface area (Å²) in [6.45, 7) is 7.70. The molecule has 0 saturated heterocycles. The van der Waals surface area contributed by atoms with Gasteiger partial charge in [0.25, 0.3) is 0 Å². The van der Waals surface area contributed by atoms with Crippen molar-refractivity contribution in [2.75, 3.05) is 0 Å². The SMILES string of the molecule is C[C@H](CC(=O)OC(C)(C)C)[C]1[CH][CH][CH][CH]1. The number of hydrogen-bond acceptors (Lipinski definition) is 2. The molecule has 15 heavy (non-hydrogen) atoms. The van der Waals surface area contributed by atoms with Gasteiger partial charge < -0.3 is 4.74 Å². The summed E-state index contributed by atoms with van der Waals surface area (Å²) in [6.07, 6.45) is 8.49. The normalized spacial score (nSPS) is 20.3. The van der Waals surface area contributed by atoms with E-state index in [0.29, 0.717) is 6.42 Å². The van der Waals surface area contributed by atoms with E-state index in [1.165, 1.54) is 5.92 Å². The van der Waals surface area contributed by atoms with Crippen LogP contribution in [0.2, 0.25) is 0 Å². The molecule has 5 radical (unpaired) electrons. The van der Waals surface area contributed by atoms with Crippen molar-refractivity contribution >= 4 is 5.97 Å². The van der Waals surface area contributed by atoms with E-state index in [4.69, 9.17) is 4.74 Å². The number of rotatable bonds is 3. The Morgan fingerprint density at radius 3 is 2.33 bits per heavy atom. The first-order valence-corrected chi connectivity index (χ1v) is 5.32. The van der Waals surface area contributed by atoms with Crippen LogP contribution in [0.1, 0.15) is 34.1 Å². The molecule has 1 rings (SSSR count). The van der Waals surface area contributed by atoms with Crippen molar-refractivity contribution in [3.63, 3.8) is 0 Å². The maximum absolute atomic E-state index is 11.5. The molecule has 0 aromatic carbocycles. The minimum atomic E-state index is -0.386. The summed E-state index contributed by atoms with van der Waals surface area (Å²) in [5, 5.41) is 0. The van der Waals surface area contributed by atoms with Crippen molar-refractivity contribution in [2.24, 2.45) is 5.92 Å². The summed E-state index contributed by atoms with van der Waals surface area (Å²) in [5.41, 5.74) is -0.386. The Hall–Kier alpha value is -0.530. The molecular weight excluding hydrogens is 188 g/mol. The minimum absolute atomic E-state index is 0.129. The second-order valence-corrected chi connectivity index (χ2v) is 4.91. The van der Waals surface area contributed by atoms with Gasteiger partial charge in [-0.05, 0) is 58.3 Å². The number of carbonyl (C=O) groups excluding carboxylic acids is 1. The first-order chi connectivity index (χ1) is 6.88. The Balaban J connectivity index is 2.30. The molecule has 0 aromatic rings. The fraction of sp³-hybridized carbons (Fsp3) is 0.538. The lowest BCUT2D eigenvalue weighted by molar-refractivity contribution is -0.155. The Morgan fingerprint density at radius 2 is 1.87 bits per heavy atom. The maximum atomic E-state index is 11.5. The van der Waals surface area contributed by atoms with E-state index in [0.717, 1.165) is 0 Å². The standard InChI is InChI=1S/C13H19O2/c1-10(11-7-5-6-8-11)9-12(14)15-13(2,3)4/h5-8,10H,9H2,1-4H3/t10-/m1/s1. The molecule has 0 unspecified atom stereocenters. The molecule has 1 aliphatic rings. The zero-order chi connectivity index (χ0) is 11.5. The van der Waals surface area contributed by atoms with E-state index in [9.17, 15) is 4.79 Å². The summed E-state index contributed by atoms with van der Waals surface area (Å²) in [5.74, 6) is 1.30. The quantitative estimate of drug-likeness (QED) is 0.665. The second kappa shape index (κ2) is 5.00. The van der Waals surface area contributed by atoms with Gasteiger partial charge in [0.2, 0.25) is 0 Å². The molecule has 0 aliphatic heterocycles. The van der Waals surface area contributed by atoms with E-state index >= 15 is 0 Å². The third-order valence-corrected chi connectivity index (χ3v) is 2.15. The lowest BCUT2D eigenvalue weighted by atomic mass is 9.90. The van der Waals surface area contributed by atoms with Crippen LogP contribution in [0.5, 0.6) is 0 Å². The van der Waals surface area contributed by atoms with Crippen LogP contribution in [0.4, 0.5) is 0 Å². The van der Waals surface area contributed by atoms with Crippen molar-refractivity contribution in [2.45, 2.75) is 39.7 Å². The lowest BCUT2D eigenvalue weighted by Crippen LogP contribution is -2.25. The molecule has 0 bridgehead atoms. The first kappa shape index (κ1) is 12.5. The second-order valence-electron chi connectivity index (χ2n) is 4.91. The third-order valence-electron chi connectivity index (χ3n) is 2.15. The average molecular weight is 207 g/mol. The molecule has 0 heterocycles. The van der Waals surface area contributed by atoms with Gasteiger partial charge in [0.15, 0.2) is 0 Å². The molecular formula is C13H19O2. The van der Waals surface area contributed by atoms with Crippen LogP contribution in [-0.2, 0) is 9.53 Å². The summed E-state index contributed by atoms with van der Waals surface area (Å²) in [4.78, 5) is 11.5. The molecule has 1 fully saturated rings. The zero-order valence-corrected chi connectivity index (χ0v) is 9.91. The third kappa shape index (κ3) is 4.67. The van der Waals surface area contributed by atoms with Crippen LogP contribution in [-0.4, -0.2) is 11.6 Å². The molecule has 0 amide bonds. The Morgan fingerprint density at radius 1 is 1.33 bits per heavy atom. The van der Waals surface area contributed by atoms with Gasteiger partial charge in [-0.3, -0.25) is 4.79 Å². The van der Waals surface area contributed by atoms with Crippen LogP contribution in [0.3, 0.4) is 0 Å². The molecule has 0 spiro atoms. The van der Waals surface area contributed by atoms with Crippen LogP contribution in [0.25, 0.3) is 0 Å². The van der Waals surface area contributed by atoms with Crippen molar-refractivity contribution in [1.82, 2.24) is 0 Å². The molecule has 2 nitrogen and oxygen atoms in total. The molecule has 1 atom stereocenters. The summed E-state index contributed by atoms with van der Waals surface area (Å²) in [7, 11) is 0. The predicted octanol–water partition coefficient (Wildman–Crippen LogP) is 2.76. The minimum Gasteiger partial charge on any atom is -0.460 e. The monoisotopic (exact) mass is 207 g/mol. The smallest absolute Gasteiger partial charge is 0.306 e. The summed E-state index contributed by atoms with van der Waals surface area (Å²) < 4.78 is 5.27. The Labute approximate surface area is 93.4 Å². The molecule has 1 saturated carbocycles. The lowest BCUT2D eigenvalue weighted by Gasteiger charge is -2.22. The van der Waals surface area contributed by atoms with Gasteiger partial charge in [-0.25, -0.2) is 0 Å². The number of esters is 1. The van der Waals surface area contributed by atoms with Gasteiger partial charge in [0, 0.05) is 6.42 Å². The fourth-order valence-electron chi connectivity index (χ4n) is 1.47. The highest BCUT2D eigenvalue weighted by molar-refractivity contribution is 5.70. The van der Waals surface area contributed by atoms with E-state index in [-0.39, 0.29) is 17.5 Å². The van der Waals surface area contributed by atoms with Crippen LogP contribution < -0.4 is 0 Å². The number of carbonyl (C=O) groups is 1.